The lowest BCUT2D eigenvalue weighted by atomic mass is 10.1. The Hall–Kier alpha value is -3.68. The van der Waals surface area contributed by atoms with Gasteiger partial charge in [-0.15, -0.1) is 0 Å². The van der Waals surface area contributed by atoms with Gasteiger partial charge in [0.25, 0.3) is 5.56 Å². The number of para-hydroxylation sites is 1. The van der Waals surface area contributed by atoms with Gasteiger partial charge in [0.2, 0.25) is 0 Å². The van der Waals surface area contributed by atoms with E-state index in [9.17, 15) is 14.4 Å². The number of nitrogens with zero attached hydrogens (tertiary/aromatic N) is 2. The van der Waals surface area contributed by atoms with Crippen LogP contribution in [-0.4, -0.2) is 42.1 Å². The first-order valence-corrected chi connectivity index (χ1v) is 8.80. The number of carbonyl (C=O) groups is 2. The van der Waals surface area contributed by atoms with Crippen molar-refractivity contribution >= 4 is 22.7 Å². The van der Waals surface area contributed by atoms with Crippen molar-refractivity contribution in [2.45, 2.75) is 13.5 Å². The number of hydrogen-bond donors (Lipinski definition) is 0. The van der Waals surface area contributed by atoms with E-state index in [0.29, 0.717) is 28.0 Å². The van der Waals surface area contributed by atoms with Crippen LogP contribution in [0.25, 0.3) is 10.9 Å². The molecule has 0 unspecified atom stereocenters. The third-order valence-electron chi connectivity index (χ3n) is 4.42. The van der Waals surface area contributed by atoms with Gasteiger partial charge in [-0.1, -0.05) is 12.1 Å². The number of rotatable bonds is 7. The Kier molecular flexibility index (Phi) is 5.92. The largest absolute Gasteiger partial charge is 0.493 e. The van der Waals surface area contributed by atoms with Crippen LogP contribution < -0.4 is 15.0 Å². The van der Waals surface area contributed by atoms with Crippen LogP contribution in [0.4, 0.5) is 0 Å². The molecule has 1 heterocycles. The summed E-state index contributed by atoms with van der Waals surface area (Å²) in [6.45, 7) is 1.06. The minimum Gasteiger partial charge on any atom is -0.493 e. The quantitative estimate of drug-likeness (QED) is 0.446. The number of ether oxygens (including phenoxy) is 3. The highest BCUT2D eigenvalue weighted by Gasteiger charge is 2.15. The molecule has 150 valence electrons. The smallest absolute Gasteiger partial charge is 0.326 e. The van der Waals surface area contributed by atoms with Crippen LogP contribution in [0.15, 0.2) is 47.5 Å². The van der Waals surface area contributed by atoms with Crippen molar-refractivity contribution in [2.75, 3.05) is 20.8 Å². The Balaban J connectivity index is 1.67. The molecule has 0 atom stereocenters. The molecular weight excluding hydrogens is 376 g/mol. The molecule has 8 nitrogen and oxygen atoms in total. The average Bonchev–Trinajstić information content (AvgIpc) is 2.74. The molecule has 0 bridgehead atoms. The standard InChI is InChI=1S/C21H20N2O6/c1-13-5-4-6-15-20(13)22-12-23(21(15)26)10-19(25)29-11-16(24)14-7-8-17(27-2)18(9-14)28-3/h4-9,12H,10-11H2,1-3H3. The van der Waals surface area contributed by atoms with Gasteiger partial charge in [0.1, 0.15) is 6.54 Å². The zero-order valence-corrected chi connectivity index (χ0v) is 16.3. The molecule has 1 aromatic heterocycles. The molecule has 29 heavy (non-hydrogen) atoms. The van der Waals surface area contributed by atoms with Crippen molar-refractivity contribution in [3.05, 3.63) is 64.2 Å². The molecule has 8 heteroatoms. The van der Waals surface area contributed by atoms with E-state index in [0.717, 1.165) is 10.1 Å². The zero-order chi connectivity index (χ0) is 21.0. The molecule has 0 saturated carbocycles. The molecule has 0 aliphatic heterocycles. The number of hydrogen-bond acceptors (Lipinski definition) is 7. The maximum Gasteiger partial charge on any atom is 0.326 e. The summed E-state index contributed by atoms with van der Waals surface area (Å²) < 4.78 is 16.5. The molecule has 0 N–H and O–H groups in total. The number of benzene rings is 2. The van der Waals surface area contributed by atoms with Crippen molar-refractivity contribution in [3.8, 4) is 11.5 Å². The molecule has 2 aromatic carbocycles. The van der Waals surface area contributed by atoms with Gasteiger partial charge in [0, 0.05) is 5.56 Å². The highest BCUT2D eigenvalue weighted by molar-refractivity contribution is 5.98. The summed E-state index contributed by atoms with van der Waals surface area (Å²) in [5.41, 5.74) is 1.43. The summed E-state index contributed by atoms with van der Waals surface area (Å²) in [6, 6.07) is 9.92. The van der Waals surface area contributed by atoms with Crippen LogP contribution in [0.5, 0.6) is 11.5 Å². The fourth-order valence-electron chi connectivity index (χ4n) is 2.87. The molecule has 3 aromatic rings. The van der Waals surface area contributed by atoms with Crippen LogP contribution >= 0.6 is 0 Å². The van der Waals surface area contributed by atoms with Crippen molar-refractivity contribution in [1.82, 2.24) is 9.55 Å². The first-order valence-electron chi connectivity index (χ1n) is 8.80. The molecule has 0 fully saturated rings. The average molecular weight is 396 g/mol. The fraction of sp³-hybridized carbons (Fsp3) is 0.238. The van der Waals surface area contributed by atoms with E-state index in [1.54, 1.807) is 24.3 Å². The number of aryl methyl sites for hydroxylation is 1. The summed E-state index contributed by atoms with van der Waals surface area (Å²) in [5.74, 6) is -0.234. The highest BCUT2D eigenvalue weighted by Crippen LogP contribution is 2.27. The molecule has 0 saturated heterocycles. The van der Waals surface area contributed by atoms with Crippen molar-refractivity contribution in [3.63, 3.8) is 0 Å². The molecule has 0 radical (unpaired) electrons. The van der Waals surface area contributed by atoms with E-state index >= 15 is 0 Å². The minimum absolute atomic E-state index is 0.315. The molecule has 0 aliphatic carbocycles. The molecular formula is C21H20N2O6. The van der Waals surface area contributed by atoms with Gasteiger partial charge in [-0.05, 0) is 36.8 Å². The molecule has 0 aliphatic rings. The van der Waals surface area contributed by atoms with Gasteiger partial charge < -0.3 is 14.2 Å². The summed E-state index contributed by atoms with van der Waals surface area (Å²) in [4.78, 5) is 41.2. The van der Waals surface area contributed by atoms with Crippen LogP contribution in [0.3, 0.4) is 0 Å². The maximum absolute atomic E-state index is 12.5. The van der Waals surface area contributed by atoms with E-state index in [2.05, 4.69) is 4.98 Å². The lowest BCUT2D eigenvalue weighted by Gasteiger charge is -2.10. The fourth-order valence-corrected chi connectivity index (χ4v) is 2.87. The second kappa shape index (κ2) is 8.55. The summed E-state index contributed by atoms with van der Waals surface area (Å²) in [6.07, 6.45) is 1.30. The molecule has 3 rings (SSSR count). The normalized spacial score (nSPS) is 10.6. The van der Waals surface area contributed by atoms with Crippen molar-refractivity contribution < 1.29 is 23.8 Å². The lowest BCUT2D eigenvalue weighted by Crippen LogP contribution is -2.27. The SMILES string of the molecule is COc1ccc(C(=O)COC(=O)Cn2cnc3c(C)cccc3c2=O)cc1OC. The van der Waals surface area contributed by atoms with Crippen LogP contribution in [0, 0.1) is 6.92 Å². The van der Waals surface area contributed by atoms with Gasteiger partial charge in [0.15, 0.2) is 23.9 Å². The van der Waals surface area contributed by atoms with Crippen LogP contribution in [0.1, 0.15) is 15.9 Å². The van der Waals surface area contributed by atoms with E-state index < -0.39 is 18.4 Å². The molecule has 0 spiro atoms. The predicted octanol–water partition coefficient (Wildman–Crippen LogP) is 2.15. The third-order valence-corrected chi connectivity index (χ3v) is 4.42. The second-order valence-electron chi connectivity index (χ2n) is 6.30. The highest BCUT2D eigenvalue weighted by atomic mass is 16.5. The van der Waals surface area contributed by atoms with E-state index in [4.69, 9.17) is 14.2 Å². The second-order valence-corrected chi connectivity index (χ2v) is 6.30. The Morgan fingerprint density at radius 2 is 1.83 bits per heavy atom. The predicted molar refractivity (Wildman–Crippen MR) is 106 cm³/mol. The lowest BCUT2D eigenvalue weighted by molar-refractivity contribution is -0.143. The Labute approximate surface area is 166 Å². The van der Waals surface area contributed by atoms with Crippen LogP contribution in [0.2, 0.25) is 0 Å². The van der Waals surface area contributed by atoms with Crippen molar-refractivity contribution in [1.29, 1.82) is 0 Å². The van der Waals surface area contributed by atoms with Gasteiger partial charge in [-0.25, -0.2) is 4.98 Å². The first-order chi connectivity index (χ1) is 13.9. The Morgan fingerprint density at radius 3 is 2.55 bits per heavy atom. The number of fused-ring (bicyclic) bond motifs is 1. The van der Waals surface area contributed by atoms with Gasteiger partial charge >= 0.3 is 5.97 Å². The number of methoxy groups -OCH3 is 2. The summed E-state index contributed by atoms with van der Waals surface area (Å²) in [7, 11) is 2.95. The number of Topliss-reactive ketones (excluding diaryl/α,β-unsaturated/α-hetero) is 1. The van der Waals surface area contributed by atoms with Gasteiger partial charge in [-0.3, -0.25) is 19.0 Å². The van der Waals surface area contributed by atoms with Crippen LogP contribution in [-0.2, 0) is 16.1 Å². The number of carbonyl (C=O) groups excluding carboxylic acids is 2. The third kappa shape index (κ3) is 4.26. The van der Waals surface area contributed by atoms with E-state index in [1.807, 2.05) is 13.0 Å². The van der Waals surface area contributed by atoms with Gasteiger partial charge in [0.05, 0.1) is 31.4 Å². The summed E-state index contributed by atoms with van der Waals surface area (Å²) in [5, 5.41) is 0.418. The van der Waals surface area contributed by atoms with Crippen molar-refractivity contribution in [2.24, 2.45) is 0 Å². The topological polar surface area (TPSA) is 96.7 Å². The monoisotopic (exact) mass is 396 g/mol. The number of aromatic nitrogens is 2. The summed E-state index contributed by atoms with van der Waals surface area (Å²) >= 11 is 0. The first kappa shape index (κ1) is 20.1. The maximum atomic E-state index is 12.5. The Bertz CT molecular complexity index is 1140. The van der Waals surface area contributed by atoms with Gasteiger partial charge in [-0.2, -0.15) is 0 Å². The molecule has 0 amide bonds. The zero-order valence-electron chi connectivity index (χ0n) is 16.3. The Morgan fingerprint density at radius 1 is 1.07 bits per heavy atom. The minimum atomic E-state index is -0.713. The number of ketones is 1. The number of esters is 1. The van der Waals surface area contributed by atoms with E-state index in [-0.39, 0.29) is 12.1 Å². The van der Waals surface area contributed by atoms with E-state index in [1.165, 1.54) is 26.6 Å².